The maximum absolute atomic E-state index is 12.2. The van der Waals surface area contributed by atoms with Gasteiger partial charge in [-0.3, -0.25) is 9.78 Å². The smallest absolute Gasteiger partial charge is 0.253 e. The Morgan fingerprint density at radius 3 is 2.96 bits per heavy atom. The third-order valence-corrected chi connectivity index (χ3v) is 4.27. The number of carbonyl (C=O) groups is 1. The van der Waals surface area contributed by atoms with Gasteiger partial charge in [-0.1, -0.05) is 17.7 Å². The average molecular weight is 362 g/mol. The minimum atomic E-state index is -0.464. The summed E-state index contributed by atoms with van der Waals surface area (Å²) >= 11 is 6.24. The second-order valence-electron chi connectivity index (χ2n) is 5.84. The van der Waals surface area contributed by atoms with Crippen molar-refractivity contribution in [1.29, 1.82) is 0 Å². The van der Waals surface area contributed by atoms with E-state index in [2.05, 4.69) is 10.3 Å². The Hall–Kier alpha value is -2.15. The summed E-state index contributed by atoms with van der Waals surface area (Å²) in [7, 11) is 0. The van der Waals surface area contributed by atoms with Gasteiger partial charge in [0.25, 0.3) is 5.91 Å². The van der Waals surface area contributed by atoms with Gasteiger partial charge in [-0.05, 0) is 37.1 Å². The van der Waals surface area contributed by atoms with E-state index >= 15 is 0 Å². The number of anilines is 1. The Kier molecular flexibility index (Phi) is 5.86. The molecule has 0 bridgehead atoms. The molecule has 0 unspecified atom stereocenters. The van der Waals surface area contributed by atoms with Crippen LogP contribution in [0.1, 0.15) is 18.4 Å². The minimum Gasteiger partial charge on any atom is -0.487 e. The summed E-state index contributed by atoms with van der Waals surface area (Å²) in [5, 5.41) is 3.24. The summed E-state index contributed by atoms with van der Waals surface area (Å²) in [5.74, 6) is 0.361. The molecule has 2 atom stereocenters. The van der Waals surface area contributed by atoms with Gasteiger partial charge >= 0.3 is 0 Å². The van der Waals surface area contributed by atoms with Gasteiger partial charge in [0.1, 0.15) is 18.5 Å². The maximum atomic E-state index is 12.2. The first-order valence-corrected chi connectivity index (χ1v) is 8.51. The Morgan fingerprint density at radius 2 is 2.28 bits per heavy atom. The third kappa shape index (κ3) is 4.69. The lowest BCUT2D eigenvalue weighted by atomic mass is 10.2. The van der Waals surface area contributed by atoms with Gasteiger partial charge in [-0.15, -0.1) is 0 Å². The summed E-state index contributed by atoms with van der Waals surface area (Å²) in [6.45, 7) is 0.800. The molecule has 1 amide bonds. The monoisotopic (exact) mass is 361 g/mol. The molecule has 2 aromatic rings. The van der Waals surface area contributed by atoms with Crippen LogP contribution in [0.15, 0.2) is 42.7 Å². The zero-order chi connectivity index (χ0) is 17.6. The van der Waals surface area contributed by atoms with Crippen LogP contribution in [0, 0.1) is 0 Å². The van der Waals surface area contributed by atoms with Gasteiger partial charge in [0.15, 0.2) is 0 Å². The normalized spacial score (nSPS) is 19.6. The first kappa shape index (κ1) is 17.7. The number of ether oxygens (including phenoxy) is 2. The first-order valence-electron chi connectivity index (χ1n) is 8.13. The van der Waals surface area contributed by atoms with Crippen molar-refractivity contribution in [2.24, 2.45) is 5.73 Å². The van der Waals surface area contributed by atoms with Crippen molar-refractivity contribution in [3.05, 3.63) is 53.3 Å². The van der Waals surface area contributed by atoms with Crippen LogP contribution >= 0.6 is 11.6 Å². The van der Waals surface area contributed by atoms with E-state index in [0.717, 1.165) is 12.0 Å². The van der Waals surface area contributed by atoms with E-state index in [1.807, 2.05) is 12.1 Å². The van der Waals surface area contributed by atoms with Crippen LogP contribution in [-0.2, 0) is 16.1 Å². The largest absolute Gasteiger partial charge is 0.487 e. The quantitative estimate of drug-likeness (QED) is 0.826. The molecular formula is C18H20ClN3O3. The number of carbonyl (C=O) groups excluding carboxylic acids is 1. The fourth-order valence-electron chi connectivity index (χ4n) is 2.63. The molecule has 2 heterocycles. The molecule has 1 fully saturated rings. The van der Waals surface area contributed by atoms with Crippen LogP contribution in [0.4, 0.5) is 5.69 Å². The summed E-state index contributed by atoms with van der Waals surface area (Å²) in [6, 6.07) is 8.91. The molecule has 6 nitrogen and oxygen atoms in total. The molecule has 1 aliphatic rings. The highest BCUT2D eigenvalue weighted by Gasteiger charge is 2.29. The third-order valence-electron chi connectivity index (χ3n) is 3.98. The maximum Gasteiger partial charge on any atom is 0.253 e. The van der Waals surface area contributed by atoms with E-state index in [1.54, 1.807) is 30.6 Å². The zero-order valence-electron chi connectivity index (χ0n) is 13.7. The molecular weight excluding hydrogens is 342 g/mol. The van der Waals surface area contributed by atoms with Crippen LogP contribution in [0.25, 0.3) is 0 Å². The highest BCUT2D eigenvalue weighted by Crippen LogP contribution is 2.29. The Bertz CT molecular complexity index is 727. The Balaban J connectivity index is 1.57. The van der Waals surface area contributed by atoms with Crippen molar-refractivity contribution < 1.29 is 14.3 Å². The second kappa shape index (κ2) is 8.29. The predicted molar refractivity (Wildman–Crippen MR) is 95.6 cm³/mol. The number of aromatic nitrogens is 1. The van der Waals surface area contributed by atoms with Gasteiger partial charge in [0.2, 0.25) is 0 Å². The van der Waals surface area contributed by atoms with Gasteiger partial charge in [-0.25, -0.2) is 0 Å². The molecule has 0 spiro atoms. The number of nitrogens with one attached hydrogen (secondary N) is 1. The van der Waals surface area contributed by atoms with Crippen molar-refractivity contribution in [3.8, 4) is 5.75 Å². The molecule has 1 aromatic heterocycles. The van der Waals surface area contributed by atoms with Gasteiger partial charge < -0.3 is 20.5 Å². The van der Waals surface area contributed by atoms with Crippen molar-refractivity contribution in [2.45, 2.75) is 31.7 Å². The fourth-order valence-corrected chi connectivity index (χ4v) is 2.87. The topological polar surface area (TPSA) is 86.5 Å². The number of nitrogens with two attached hydrogens (primary N) is 1. The summed E-state index contributed by atoms with van der Waals surface area (Å²) < 4.78 is 11.3. The summed E-state index contributed by atoms with van der Waals surface area (Å²) in [6.07, 6.45) is 4.41. The molecule has 1 aliphatic heterocycles. The van der Waals surface area contributed by atoms with Gasteiger partial charge in [0.05, 0.1) is 11.1 Å². The SMILES string of the molecule is NC[C@H]1CC[C@@H](C(=O)Nc2ccc(OCc3cccnc3)c(Cl)c2)O1. The molecule has 1 saturated heterocycles. The number of halogens is 1. The number of benzene rings is 1. The minimum absolute atomic E-state index is 0.0393. The zero-order valence-corrected chi connectivity index (χ0v) is 14.4. The molecule has 1 aromatic carbocycles. The number of hydrogen-bond donors (Lipinski definition) is 2. The lowest BCUT2D eigenvalue weighted by Gasteiger charge is -2.14. The van der Waals surface area contributed by atoms with Crippen LogP contribution in [0.5, 0.6) is 5.75 Å². The summed E-state index contributed by atoms with van der Waals surface area (Å²) in [5.41, 5.74) is 7.11. The van der Waals surface area contributed by atoms with Crippen molar-refractivity contribution in [3.63, 3.8) is 0 Å². The van der Waals surface area contributed by atoms with E-state index in [9.17, 15) is 4.79 Å². The molecule has 132 valence electrons. The summed E-state index contributed by atoms with van der Waals surface area (Å²) in [4.78, 5) is 16.3. The van der Waals surface area contributed by atoms with E-state index in [4.69, 9.17) is 26.8 Å². The number of nitrogens with zero attached hydrogens (tertiary/aromatic N) is 1. The van der Waals surface area contributed by atoms with E-state index in [1.165, 1.54) is 0 Å². The van der Waals surface area contributed by atoms with Crippen molar-refractivity contribution in [2.75, 3.05) is 11.9 Å². The van der Waals surface area contributed by atoms with E-state index < -0.39 is 6.10 Å². The molecule has 25 heavy (non-hydrogen) atoms. The predicted octanol–water partition coefficient (Wildman–Crippen LogP) is 2.76. The first-order chi connectivity index (χ1) is 12.2. The number of hydrogen-bond acceptors (Lipinski definition) is 5. The highest BCUT2D eigenvalue weighted by atomic mass is 35.5. The van der Waals surface area contributed by atoms with Crippen LogP contribution < -0.4 is 15.8 Å². The average Bonchev–Trinajstić information content (AvgIpc) is 3.11. The van der Waals surface area contributed by atoms with Crippen molar-refractivity contribution >= 4 is 23.2 Å². The molecule has 3 rings (SSSR count). The number of amides is 1. The van der Waals surface area contributed by atoms with Gasteiger partial charge in [0, 0.05) is 30.2 Å². The van der Waals surface area contributed by atoms with Crippen LogP contribution in [-0.4, -0.2) is 29.6 Å². The van der Waals surface area contributed by atoms with E-state index in [-0.39, 0.29) is 12.0 Å². The molecule has 7 heteroatoms. The Labute approximate surface area is 151 Å². The fraction of sp³-hybridized carbons (Fsp3) is 0.333. The van der Waals surface area contributed by atoms with Gasteiger partial charge in [-0.2, -0.15) is 0 Å². The molecule has 0 saturated carbocycles. The van der Waals surface area contributed by atoms with Crippen molar-refractivity contribution in [1.82, 2.24) is 4.98 Å². The van der Waals surface area contributed by atoms with Crippen LogP contribution in [0.2, 0.25) is 5.02 Å². The number of pyridine rings is 1. The molecule has 0 radical (unpaired) electrons. The highest BCUT2D eigenvalue weighted by molar-refractivity contribution is 6.32. The Morgan fingerprint density at radius 1 is 1.40 bits per heavy atom. The lowest BCUT2D eigenvalue weighted by molar-refractivity contribution is -0.126. The molecule has 3 N–H and O–H groups in total. The lowest BCUT2D eigenvalue weighted by Crippen LogP contribution is -2.29. The molecule has 0 aliphatic carbocycles. The standard InChI is InChI=1S/C18H20ClN3O3/c19-15-8-13(22-18(23)17-6-4-14(9-20)25-17)3-5-16(15)24-11-12-2-1-7-21-10-12/h1-3,5,7-8,10,14,17H,4,6,9,11,20H2,(H,22,23)/t14-,17+/m1/s1. The number of rotatable bonds is 6. The second-order valence-corrected chi connectivity index (χ2v) is 6.25. The van der Waals surface area contributed by atoms with Crippen LogP contribution in [0.3, 0.4) is 0 Å². The van der Waals surface area contributed by atoms with E-state index in [0.29, 0.717) is 36.0 Å².